The van der Waals surface area contributed by atoms with Gasteiger partial charge in [-0.2, -0.15) is 0 Å². The molecule has 1 atom stereocenters. The number of para-hydroxylation sites is 1. The fourth-order valence-electron chi connectivity index (χ4n) is 3.18. The monoisotopic (exact) mass is 358 g/mol. The average molecular weight is 358 g/mol. The highest BCUT2D eigenvalue weighted by molar-refractivity contribution is 5.78. The number of amides is 2. The van der Waals surface area contributed by atoms with Gasteiger partial charge in [0.05, 0.1) is 16.9 Å². The minimum Gasteiger partial charge on any atom is -0.338 e. The van der Waals surface area contributed by atoms with E-state index in [2.05, 4.69) is 17.2 Å². The molecule has 0 spiro atoms. The Labute approximate surface area is 155 Å². The second-order valence-electron chi connectivity index (χ2n) is 6.62. The van der Waals surface area contributed by atoms with Gasteiger partial charge >= 0.3 is 6.03 Å². The predicted octanol–water partition coefficient (Wildman–Crippen LogP) is 3.61. The Morgan fingerprint density at radius 1 is 1.23 bits per heavy atom. The zero-order valence-corrected chi connectivity index (χ0v) is 16.3. The Hall–Kier alpha value is -2.37. The summed E-state index contributed by atoms with van der Waals surface area (Å²) >= 11 is 0. The van der Waals surface area contributed by atoms with Crippen molar-refractivity contribution in [3.05, 3.63) is 40.4 Å². The maximum absolute atomic E-state index is 12.7. The smallest absolute Gasteiger partial charge is 0.318 e. The lowest BCUT2D eigenvalue weighted by atomic mass is 10.1. The molecule has 0 saturated heterocycles. The van der Waals surface area contributed by atoms with E-state index in [1.54, 1.807) is 22.6 Å². The summed E-state index contributed by atoms with van der Waals surface area (Å²) < 4.78 is 1.56. The Morgan fingerprint density at radius 2 is 1.96 bits per heavy atom. The molecule has 0 fully saturated rings. The minimum absolute atomic E-state index is 0.0840. The van der Waals surface area contributed by atoms with Gasteiger partial charge in [-0.3, -0.25) is 9.36 Å². The van der Waals surface area contributed by atoms with E-state index in [0.717, 1.165) is 25.7 Å². The molecule has 1 unspecified atom stereocenters. The summed E-state index contributed by atoms with van der Waals surface area (Å²) in [5.74, 6) is 0.607. The zero-order valence-electron chi connectivity index (χ0n) is 16.3. The van der Waals surface area contributed by atoms with Crippen LogP contribution in [-0.4, -0.2) is 33.6 Å². The first kappa shape index (κ1) is 19.9. The van der Waals surface area contributed by atoms with Gasteiger partial charge in [0.15, 0.2) is 0 Å². The van der Waals surface area contributed by atoms with Crippen molar-refractivity contribution in [3.8, 4) is 0 Å². The van der Waals surface area contributed by atoms with Crippen molar-refractivity contribution in [2.75, 3.05) is 13.1 Å². The van der Waals surface area contributed by atoms with Crippen molar-refractivity contribution < 1.29 is 4.79 Å². The van der Waals surface area contributed by atoms with Crippen LogP contribution in [0.25, 0.3) is 10.9 Å². The molecule has 2 amide bonds. The van der Waals surface area contributed by atoms with Gasteiger partial charge in [0.25, 0.3) is 5.56 Å². The maximum atomic E-state index is 12.7. The molecule has 0 aliphatic carbocycles. The molecule has 1 heterocycles. The number of hydrogen-bond donors (Lipinski definition) is 1. The number of nitrogens with one attached hydrogen (secondary N) is 1. The minimum atomic E-state index is -0.287. The maximum Gasteiger partial charge on any atom is 0.318 e. The highest BCUT2D eigenvalue weighted by Crippen LogP contribution is 2.20. The Bertz CT molecular complexity index is 800. The van der Waals surface area contributed by atoms with Crippen LogP contribution < -0.4 is 10.9 Å². The molecular formula is C20H30N4O2. The number of unbranched alkanes of at least 4 members (excludes halogenated alkanes) is 3. The summed E-state index contributed by atoms with van der Waals surface area (Å²) in [4.78, 5) is 31.7. The molecule has 2 rings (SSSR count). The van der Waals surface area contributed by atoms with Crippen LogP contribution in [0.4, 0.5) is 4.79 Å². The fraction of sp³-hybridized carbons (Fsp3) is 0.550. The Balaban J connectivity index is 2.35. The SMILES string of the molecule is CCCCCCN(C(=O)NCC)C(C)c1nc2ccccc2c(=O)n1C. The molecule has 0 aliphatic heterocycles. The van der Waals surface area contributed by atoms with E-state index in [0.29, 0.717) is 29.8 Å². The van der Waals surface area contributed by atoms with Crippen LogP contribution in [0.5, 0.6) is 0 Å². The zero-order chi connectivity index (χ0) is 19.1. The van der Waals surface area contributed by atoms with Gasteiger partial charge in [0, 0.05) is 20.1 Å². The van der Waals surface area contributed by atoms with Crippen LogP contribution in [0.1, 0.15) is 58.3 Å². The second kappa shape index (κ2) is 9.36. The number of fused-ring (bicyclic) bond motifs is 1. The van der Waals surface area contributed by atoms with Crippen LogP contribution in [0.2, 0.25) is 0 Å². The number of aromatic nitrogens is 2. The fourth-order valence-corrected chi connectivity index (χ4v) is 3.18. The van der Waals surface area contributed by atoms with Gasteiger partial charge in [-0.25, -0.2) is 9.78 Å². The number of rotatable bonds is 8. The highest BCUT2D eigenvalue weighted by atomic mass is 16.2. The average Bonchev–Trinajstić information content (AvgIpc) is 2.64. The second-order valence-corrected chi connectivity index (χ2v) is 6.62. The molecule has 6 nitrogen and oxygen atoms in total. The van der Waals surface area contributed by atoms with Crippen LogP contribution in [0, 0.1) is 0 Å². The number of benzene rings is 1. The van der Waals surface area contributed by atoms with Gasteiger partial charge in [-0.15, -0.1) is 0 Å². The van der Waals surface area contributed by atoms with Gasteiger partial charge in [-0.05, 0) is 32.4 Å². The van der Waals surface area contributed by atoms with Gasteiger partial charge in [0.2, 0.25) is 0 Å². The Morgan fingerprint density at radius 3 is 2.65 bits per heavy atom. The standard InChI is InChI=1S/C20H30N4O2/c1-5-7-8-11-14-24(20(26)21-6-2)15(3)18-22-17-13-10-9-12-16(17)19(25)23(18)4/h9-10,12-13,15H,5-8,11,14H2,1-4H3,(H,21,26). The quantitative estimate of drug-likeness (QED) is 0.733. The Kier molecular flexibility index (Phi) is 7.18. The summed E-state index contributed by atoms with van der Waals surface area (Å²) in [7, 11) is 1.72. The predicted molar refractivity (Wildman–Crippen MR) is 105 cm³/mol. The molecule has 0 saturated carbocycles. The van der Waals surface area contributed by atoms with E-state index in [4.69, 9.17) is 0 Å². The number of nitrogens with zero attached hydrogens (tertiary/aromatic N) is 3. The number of carbonyl (C=O) groups is 1. The lowest BCUT2D eigenvalue weighted by Gasteiger charge is -2.30. The van der Waals surface area contributed by atoms with E-state index in [1.807, 2.05) is 32.0 Å². The summed E-state index contributed by atoms with van der Waals surface area (Å²) in [6.07, 6.45) is 4.34. The van der Waals surface area contributed by atoms with Crippen molar-refractivity contribution in [1.82, 2.24) is 19.8 Å². The molecule has 142 valence electrons. The molecule has 26 heavy (non-hydrogen) atoms. The molecule has 2 aromatic rings. The number of urea groups is 1. The van der Waals surface area contributed by atoms with E-state index in [1.165, 1.54) is 0 Å². The number of hydrogen-bond acceptors (Lipinski definition) is 3. The first-order chi connectivity index (χ1) is 12.5. The summed E-state index contributed by atoms with van der Waals surface area (Å²) in [5, 5.41) is 3.48. The van der Waals surface area contributed by atoms with Crippen molar-refractivity contribution >= 4 is 16.9 Å². The van der Waals surface area contributed by atoms with Gasteiger partial charge in [-0.1, -0.05) is 38.3 Å². The van der Waals surface area contributed by atoms with Crippen LogP contribution in [0.15, 0.2) is 29.1 Å². The summed E-state index contributed by atoms with van der Waals surface area (Å²) in [6.45, 7) is 7.23. The van der Waals surface area contributed by atoms with Crippen molar-refractivity contribution in [3.63, 3.8) is 0 Å². The van der Waals surface area contributed by atoms with Crippen molar-refractivity contribution in [2.45, 2.75) is 52.5 Å². The van der Waals surface area contributed by atoms with E-state index in [-0.39, 0.29) is 17.6 Å². The molecule has 6 heteroatoms. The van der Waals surface area contributed by atoms with Crippen molar-refractivity contribution in [2.24, 2.45) is 7.05 Å². The summed E-state index contributed by atoms with van der Waals surface area (Å²) in [6, 6.07) is 6.93. The third-order valence-corrected chi connectivity index (χ3v) is 4.70. The van der Waals surface area contributed by atoms with Crippen LogP contribution >= 0.6 is 0 Å². The molecule has 1 N–H and O–H groups in total. The normalized spacial score (nSPS) is 12.2. The van der Waals surface area contributed by atoms with E-state index < -0.39 is 0 Å². The first-order valence-corrected chi connectivity index (χ1v) is 9.51. The van der Waals surface area contributed by atoms with Crippen molar-refractivity contribution in [1.29, 1.82) is 0 Å². The largest absolute Gasteiger partial charge is 0.338 e. The van der Waals surface area contributed by atoms with Gasteiger partial charge in [0.1, 0.15) is 5.82 Å². The molecule has 0 bridgehead atoms. The number of carbonyl (C=O) groups excluding carboxylic acids is 1. The van der Waals surface area contributed by atoms with Crippen LogP contribution in [-0.2, 0) is 7.05 Å². The lowest BCUT2D eigenvalue weighted by molar-refractivity contribution is 0.174. The van der Waals surface area contributed by atoms with Gasteiger partial charge < -0.3 is 10.2 Å². The molecule has 0 aliphatic rings. The lowest BCUT2D eigenvalue weighted by Crippen LogP contribution is -2.43. The molecule has 1 aromatic heterocycles. The third kappa shape index (κ3) is 4.42. The van der Waals surface area contributed by atoms with E-state index in [9.17, 15) is 9.59 Å². The first-order valence-electron chi connectivity index (χ1n) is 9.51. The van der Waals surface area contributed by atoms with E-state index >= 15 is 0 Å². The third-order valence-electron chi connectivity index (χ3n) is 4.70. The van der Waals surface area contributed by atoms with Crippen LogP contribution in [0.3, 0.4) is 0 Å². The molecule has 0 radical (unpaired) electrons. The summed E-state index contributed by atoms with van der Waals surface area (Å²) in [5.41, 5.74) is 0.582. The molecular weight excluding hydrogens is 328 g/mol. The topological polar surface area (TPSA) is 67.2 Å². The molecule has 1 aromatic carbocycles. The highest BCUT2D eigenvalue weighted by Gasteiger charge is 2.24.